The number of carboxylic acids is 1. The van der Waals surface area contributed by atoms with Gasteiger partial charge in [0, 0.05) is 4.47 Å². The molecule has 6 heteroatoms. The third-order valence-corrected chi connectivity index (χ3v) is 3.28. The van der Waals surface area contributed by atoms with E-state index in [9.17, 15) is 9.90 Å². The van der Waals surface area contributed by atoms with Crippen molar-refractivity contribution in [2.24, 2.45) is 0 Å². The van der Waals surface area contributed by atoms with Crippen molar-refractivity contribution in [3.8, 4) is 17.2 Å². The second kappa shape index (κ2) is 5.66. The van der Waals surface area contributed by atoms with Gasteiger partial charge in [0.25, 0.3) is 0 Å². The van der Waals surface area contributed by atoms with Crippen LogP contribution < -0.4 is 4.74 Å². The maximum atomic E-state index is 11.2. The molecule has 0 saturated carbocycles. The van der Waals surface area contributed by atoms with Gasteiger partial charge >= 0.3 is 5.97 Å². The molecule has 1 N–H and O–H groups in total. The molecule has 0 spiro atoms. The van der Waals surface area contributed by atoms with E-state index in [1.165, 1.54) is 7.11 Å². The first-order valence-electron chi connectivity index (χ1n) is 6.02. The molecule has 5 nitrogen and oxygen atoms in total. The number of rotatable bonds is 4. The van der Waals surface area contributed by atoms with Crippen molar-refractivity contribution in [2.45, 2.75) is 19.8 Å². The van der Waals surface area contributed by atoms with Crippen molar-refractivity contribution in [1.82, 2.24) is 4.98 Å². The van der Waals surface area contributed by atoms with E-state index in [2.05, 4.69) is 20.9 Å². The lowest BCUT2D eigenvalue weighted by Crippen LogP contribution is -2.01. The van der Waals surface area contributed by atoms with Gasteiger partial charge in [0.1, 0.15) is 5.75 Å². The van der Waals surface area contributed by atoms with Gasteiger partial charge in [-0.1, -0.05) is 29.8 Å². The summed E-state index contributed by atoms with van der Waals surface area (Å²) in [4.78, 5) is 15.5. The highest BCUT2D eigenvalue weighted by atomic mass is 79.9. The van der Waals surface area contributed by atoms with Gasteiger partial charge in [0.2, 0.25) is 11.7 Å². The van der Waals surface area contributed by atoms with Crippen molar-refractivity contribution in [2.75, 3.05) is 7.11 Å². The van der Waals surface area contributed by atoms with Crippen LogP contribution in [0.15, 0.2) is 27.1 Å². The van der Waals surface area contributed by atoms with E-state index in [-0.39, 0.29) is 17.6 Å². The van der Waals surface area contributed by atoms with Crippen LogP contribution >= 0.6 is 15.9 Å². The third kappa shape index (κ3) is 2.70. The van der Waals surface area contributed by atoms with E-state index in [0.717, 1.165) is 4.47 Å². The van der Waals surface area contributed by atoms with Crippen molar-refractivity contribution < 1.29 is 19.1 Å². The second-order valence-corrected chi connectivity index (χ2v) is 5.45. The molecule has 0 amide bonds. The van der Waals surface area contributed by atoms with Crippen LogP contribution in [-0.4, -0.2) is 23.2 Å². The molecule has 1 aromatic carbocycles. The van der Waals surface area contributed by atoms with Gasteiger partial charge in [-0.05, 0) is 24.1 Å². The first kappa shape index (κ1) is 14.6. The summed E-state index contributed by atoms with van der Waals surface area (Å²) in [5.74, 6) is -0.480. The van der Waals surface area contributed by atoms with Gasteiger partial charge in [0.15, 0.2) is 0 Å². The monoisotopic (exact) mass is 339 g/mol. The quantitative estimate of drug-likeness (QED) is 0.913. The van der Waals surface area contributed by atoms with Gasteiger partial charge in [-0.3, -0.25) is 0 Å². The highest BCUT2D eigenvalue weighted by Gasteiger charge is 2.23. The molecule has 0 unspecified atom stereocenters. The molecule has 0 bridgehead atoms. The number of ether oxygens (including phenoxy) is 1. The number of hydrogen-bond donors (Lipinski definition) is 1. The minimum absolute atomic E-state index is 0.0416. The Balaban J connectivity index is 2.59. The molecule has 1 aromatic heterocycles. The number of methoxy groups -OCH3 is 1. The van der Waals surface area contributed by atoms with Crippen LogP contribution in [0.4, 0.5) is 0 Å². The van der Waals surface area contributed by atoms with Crippen LogP contribution in [0.5, 0.6) is 5.75 Å². The zero-order chi connectivity index (χ0) is 14.9. The fraction of sp³-hybridized carbons (Fsp3) is 0.286. The Kier molecular flexibility index (Phi) is 4.13. The first-order chi connectivity index (χ1) is 9.43. The molecule has 1 heterocycles. The molecular weight excluding hydrogens is 326 g/mol. The van der Waals surface area contributed by atoms with E-state index in [1.54, 1.807) is 12.1 Å². The van der Waals surface area contributed by atoms with Crippen LogP contribution in [0.25, 0.3) is 11.5 Å². The molecule has 2 aromatic rings. The lowest BCUT2D eigenvalue weighted by Gasteiger charge is -2.05. The number of halogens is 1. The topological polar surface area (TPSA) is 72.6 Å². The van der Waals surface area contributed by atoms with Crippen molar-refractivity contribution >= 4 is 21.9 Å². The fourth-order valence-electron chi connectivity index (χ4n) is 1.83. The zero-order valence-electron chi connectivity index (χ0n) is 11.3. The molecule has 0 fully saturated rings. The second-order valence-electron chi connectivity index (χ2n) is 4.54. The number of carbonyl (C=O) groups is 1. The van der Waals surface area contributed by atoms with E-state index in [0.29, 0.717) is 17.0 Å². The maximum absolute atomic E-state index is 11.2. The smallest absolute Gasteiger partial charge is 0.373 e. The molecule has 0 radical (unpaired) electrons. The van der Waals surface area contributed by atoms with Crippen LogP contribution in [0.2, 0.25) is 0 Å². The van der Waals surface area contributed by atoms with Crippen molar-refractivity contribution in [3.05, 3.63) is 34.1 Å². The lowest BCUT2D eigenvalue weighted by atomic mass is 10.1. The van der Waals surface area contributed by atoms with E-state index < -0.39 is 5.97 Å². The predicted molar refractivity (Wildman–Crippen MR) is 77.2 cm³/mol. The lowest BCUT2D eigenvalue weighted by molar-refractivity contribution is 0.0661. The minimum Gasteiger partial charge on any atom is -0.496 e. The third-order valence-electron chi connectivity index (χ3n) is 2.79. The SMILES string of the molecule is COc1cc(Br)ccc1-c1nc(C(C)C)c(C(=O)O)o1. The largest absolute Gasteiger partial charge is 0.496 e. The highest BCUT2D eigenvalue weighted by Crippen LogP contribution is 2.34. The molecule has 2 rings (SSSR count). The first-order valence-corrected chi connectivity index (χ1v) is 6.81. The Morgan fingerprint density at radius 1 is 1.45 bits per heavy atom. The molecule has 106 valence electrons. The normalized spacial score (nSPS) is 10.8. The number of aromatic carboxylic acids is 1. The van der Waals surface area contributed by atoms with E-state index in [1.807, 2.05) is 19.9 Å². The van der Waals surface area contributed by atoms with Crippen LogP contribution in [0, 0.1) is 0 Å². The van der Waals surface area contributed by atoms with Crippen molar-refractivity contribution in [3.63, 3.8) is 0 Å². The summed E-state index contributed by atoms with van der Waals surface area (Å²) < 4.78 is 11.5. The Morgan fingerprint density at radius 2 is 2.15 bits per heavy atom. The van der Waals surface area contributed by atoms with Gasteiger partial charge in [-0.2, -0.15) is 0 Å². The summed E-state index contributed by atoms with van der Waals surface area (Å²) in [6, 6.07) is 5.36. The molecule has 0 saturated heterocycles. The standard InChI is InChI=1S/C14H14BrNO4/c1-7(2)11-12(14(17)18)20-13(16-11)9-5-4-8(15)6-10(9)19-3/h4-7H,1-3H3,(H,17,18). The summed E-state index contributed by atoms with van der Waals surface area (Å²) in [6.45, 7) is 3.74. The average Bonchev–Trinajstić information content (AvgIpc) is 2.83. The van der Waals surface area contributed by atoms with Crippen LogP contribution in [0.3, 0.4) is 0 Å². The molecule has 0 atom stereocenters. The predicted octanol–water partition coefficient (Wildman–Crippen LogP) is 3.93. The molecule has 0 aliphatic carbocycles. The molecule has 0 aliphatic heterocycles. The Bertz CT molecular complexity index is 649. The maximum Gasteiger partial charge on any atom is 0.373 e. The van der Waals surface area contributed by atoms with Crippen molar-refractivity contribution in [1.29, 1.82) is 0 Å². The van der Waals surface area contributed by atoms with E-state index in [4.69, 9.17) is 9.15 Å². The van der Waals surface area contributed by atoms with Crippen LogP contribution in [-0.2, 0) is 0 Å². The number of benzene rings is 1. The number of nitrogens with zero attached hydrogens (tertiary/aromatic N) is 1. The molecular formula is C14H14BrNO4. The number of aromatic nitrogens is 1. The minimum atomic E-state index is -1.12. The number of hydrogen-bond acceptors (Lipinski definition) is 4. The van der Waals surface area contributed by atoms with E-state index >= 15 is 0 Å². The molecule has 0 aliphatic rings. The number of carboxylic acid groups (broad SMARTS) is 1. The van der Waals surface area contributed by atoms with Crippen LogP contribution in [0.1, 0.15) is 36.0 Å². The Morgan fingerprint density at radius 3 is 2.65 bits per heavy atom. The summed E-state index contributed by atoms with van der Waals surface area (Å²) in [7, 11) is 1.54. The zero-order valence-corrected chi connectivity index (χ0v) is 12.9. The summed E-state index contributed by atoms with van der Waals surface area (Å²) >= 11 is 3.35. The van der Waals surface area contributed by atoms with Gasteiger partial charge in [-0.15, -0.1) is 0 Å². The van der Waals surface area contributed by atoms with Gasteiger partial charge < -0.3 is 14.3 Å². The molecule has 20 heavy (non-hydrogen) atoms. The average molecular weight is 340 g/mol. The highest BCUT2D eigenvalue weighted by molar-refractivity contribution is 9.10. The number of oxazole rings is 1. The fourth-order valence-corrected chi connectivity index (χ4v) is 2.17. The summed E-state index contributed by atoms with van der Waals surface area (Å²) in [5.41, 5.74) is 1.04. The van der Waals surface area contributed by atoms with Gasteiger partial charge in [-0.25, -0.2) is 9.78 Å². The summed E-state index contributed by atoms with van der Waals surface area (Å²) in [5, 5.41) is 9.17. The Labute approximate surface area is 124 Å². The van der Waals surface area contributed by atoms with Gasteiger partial charge in [0.05, 0.1) is 18.4 Å². The summed E-state index contributed by atoms with van der Waals surface area (Å²) in [6.07, 6.45) is 0. The Hall–Kier alpha value is -1.82.